The minimum absolute atomic E-state index is 0.147. The molecule has 0 saturated carbocycles. The van der Waals surface area contributed by atoms with Crippen LogP contribution in [0.1, 0.15) is 38.4 Å². The fourth-order valence-electron chi connectivity index (χ4n) is 3.06. The SMILES string of the molecule is CCOC(=O)c1sc(CC(=O)/C(C#N)=C/c2ccc(-c3ccc(Cl)cc3Cl)o2)c(C#N)c1C. The number of rotatable bonds is 7. The summed E-state index contributed by atoms with van der Waals surface area (Å²) in [6, 6.07) is 12.2. The van der Waals surface area contributed by atoms with Crippen LogP contribution in [0.15, 0.2) is 40.3 Å². The van der Waals surface area contributed by atoms with Crippen LogP contribution in [0.4, 0.5) is 0 Å². The topological polar surface area (TPSA) is 104 Å². The molecule has 6 nitrogen and oxygen atoms in total. The maximum Gasteiger partial charge on any atom is 0.348 e. The van der Waals surface area contributed by atoms with E-state index in [2.05, 4.69) is 0 Å². The van der Waals surface area contributed by atoms with E-state index in [1.807, 2.05) is 12.1 Å². The van der Waals surface area contributed by atoms with Crippen molar-refractivity contribution in [2.24, 2.45) is 0 Å². The molecule has 9 heteroatoms. The lowest BCUT2D eigenvalue weighted by molar-refractivity contribution is -0.114. The molecule has 0 radical (unpaired) electrons. The van der Waals surface area contributed by atoms with Gasteiger partial charge in [-0.05, 0) is 49.7 Å². The average molecular weight is 499 g/mol. The zero-order valence-corrected chi connectivity index (χ0v) is 19.9. The molecule has 0 unspecified atom stereocenters. The van der Waals surface area contributed by atoms with Crippen LogP contribution in [0.25, 0.3) is 17.4 Å². The number of benzene rings is 1. The number of Topliss-reactive ketones (excluding diaryl/α,β-unsaturated/α-hetero) is 1. The Bertz CT molecular complexity index is 1360. The van der Waals surface area contributed by atoms with Crippen LogP contribution in [0.5, 0.6) is 0 Å². The van der Waals surface area contributed by atoms with E-state index < -0.39 is 11.8 Å². The van der Waals surface area contributed by atoms with E-state index in [1.165, 1.54) is 6.08 Å². The normalized spacial score (nSPS) is 11.0. The molecule has 0 aliphatic heterocycles. The largest absolute Gasteiger partial charge is 0.462 e. The van der Waals surface area contributed by atoms with E-state index in [-0.39, 0.29) is 34.8 Å². The molecule has 33 heavy (non-hydrogen) atoms. The number of allylic oxidation sites excluding steroid dienone is 1. The van der Waals surface area contributed by atoms with Gasteiger partial charge >= 0.3 is 5.97 Å². The highest BCUT2D eigenvalue weighted by Crippen LogP contribution is 2.33. The van der Waals surface area contributed by atoms with Gasteiger partial charge in [-0.25, -0.2) is 4.79 Å². The van der Waals surface area contributed by atoms with Gasteiger partial charge in [-0.15, -0.1) is 11.3 Å². The Balaban J connectivity index is 1.87. The molecule has 2 aromatic heterocycles. The van der Waals surface area contributed by atoms with E-state index in [9.17, 15) is 20.1 Å². The van der Waals surface area contributed by atoms with Gasteiger partial charge in [0.1, 0.15) is 28.5 Å². The highest BCUT2D eigenvalue weighted by molar-refractivity contribution is 7.14. The number of esters is 1. The molecule has 0 aliphatic carbocycles. The number of thiophene rings is 1. The lowest BCUT2D eigenvalue weighted by Gasteiger charge is -2.01. The maximum atomic E-state index is 12.8. The monoisotopic (exact) mass is 498 g/mol. The number of furan rings is 1. The van der Waals surface area contributed by atoms with Gasteiger partial charge in [-0.3, -0.25) is 4.79 Å². The number of carbonyl (C=O) groups excluding carboxylic acids is 2. The molecule has 0 aliphatic rings. The number of nitriles is 2. The van der Waals surface area contributed by atoms with E-state index in [1.54, 1.807) is 44.2 Å². The zero-order chi connectivity index (χ0) is 24.1. The van der Waals surface area contributed by atoms with Gasteiger partial charge in [0.15, 0.2) is 5.78 Å². The molecule has 0 bridgehead atoms. The summed E-state index contributed by atoms with van der Waals surface area (Å²) < 4.78 is 10.7. The summed E-state index contributed by atoms with van der Waals surface area (Å²) in [6.07, 6.45) is 1.12. The van der Waals surface area contributed by atoms with Crippen LogP contribution in [-0.2, 0) is 16.0 Å². The Morgan fingerprint density at radius 2 is 1.97 bits per heavy atom. The first kappa shape index (κ1) is 24.3. The Morgan fingerprint density at radius 3 is 2.61 bits per heavy atom. The predicted molar refractivity (Wildman–Crippen MR) is 126 cm³/mol. The van der Waals surface area contributed by atoms with Crippen LogP contribution in [0.2, 0.25) is 10.0 Å². The summed E-state index contributed by atoms with van der Waals surface area (Å²) in [5.74, 6) is -0.313. The highest BCUT2D eigenvalue weighted by atomic mass is 35.5. The Hall–Kier alpha value is -3.36. The van der Waals surface area contributed by atoms with E-state index in [0.717, 1.165) is 11.3 Å². The molecule has 3 rings (SSSR count). The Labute approximate surface area is 204 Å². The lowest BCUT2D eigenvalue weighted by atomic mass is 10.0. The number of ether oxygens (including phenoxy) is 1. The smallest absolute Gasteiger partial charge is 0.348 e. The molecule has 0 fully saturated rings. The molecule has 166 valence electrons. The zero-order valence-electron chi connectivity index (χ0n) is 17.6. The van der Waals surface area contributed by atoms with Crippen LogP contribution in [-0.4, -0.2) is 18.4 Å². The molecule has 1 aromatic carbocycles. The second-order valence-corrected chi connectivity index (χ2v) is 8.73. The number of hydrogen-bond donors (Lipinski definition) is 0. The van der Waals surface area contributed by atoms with E-state index in [0.29, 0.717) is 31.8 Å². The quantitative estimate of drug-likeness (QED) is 0.212. The highest BCUT2D eigenvalue weighted by Gasteiger charge is 2.23. The van der Waals surface area contributed by atoms with Gasteiger partial charge in [-0.2, -0.15) is 10.5 Å². The van der Waals surface area contributed by atoms with Crippen molar-refractivity contribution in [3.05, 3.63) is 72.6 Å². The third-order valence-electron chi connectivity index (χ3n) is 4.64. The van der Waals surface area contributed by atoms with Gasteiger partial charge in [0, 0.05) is 28.0 Å². The molecule has 3 aromatic rings. The number of nitrogens with zero attached hydrogens (tertiary/aromatic N) is 2. The van der Waals surface area contributed by atoms with Gasteiger partial charge in [0.2, 0.25) is 0 Å². The number of ketones is 1. The van der Waals surface area contributed by atoms with Gasteiger partial charge in [0.05, 0.1) is 22.8 Å². The summed E-state index contributed by atoms with van der Waals surface area (Å²) in [5, 5.41) is 19.9. The van der Waals surface area contributed by atoms with Crippen molar-refractivity contribution in [3.8, 4) is 23.5 Å². The molecule has 0 spiro atoms. The van der Waals surface area contributed by atoms with Crippen molar-refractivity contribution in [1.29, 1.82) is 10.5 Å². The Kier molecular flexibility index (Phi) is 7.73. The maximum absolute atomic E-state index is 12.8. The fourth-order valence-corrected chi connectivity index (χ4v) is 4.71. The summed E-state index contributed by atoms with van der Waals surface area (Å²) in [4.78, 5) is 25.6. The average Bonchev–Trinajstić information content (AvgIpc) is 3.36. The second kappa shape index (κ2) is 10.5. The molecule has 0 amide bonds. The number of carbonyl (C=O) groups is 2. The first-order valence-corrected chi connectivity index (χ1v) is 11.3. The van der Waals surface area contributed by atoms with Gasteiger partial charge in [-0.1, -0.05) is 23.2 Å². The molecular weight excluding hydrogens is 483 g/mol. The first-order valence-electron chi connectivity index (χ1n) is 9.68. The molecule has 2 heterocycles. The molecule has 0 atom stereocenters. The first-order chi connectivity index (χ1) is 15.8. The van der Waals surface area contributed by atoms with Crippen LogP contribution in [0, 0.1) is 29.6 Å². The van der Waals surface area contributed by atoms with Gasteiger partial charge < -0.3 is 9.15 Å². The van der Waals surface area contributed by atoms with Crippen LogP contribution >= 0.6 is 34.5 Å². The molecular formula is C24H16Cl2N2O4S. The third-order valence-corrected chi connectivity index (χ3v) is 6.46. The van der Waals surface area contributed by atoms with Crippen molar-refractivity contribution >= 4 is 52.4 Å². The van der Waals surface area contributed by atoms with Crippen molar-refractivity contribution in [1.82, 2.24) is 0 Å². The van der Waals surface area contributed by atoms with Crippen LogP contribution in [0.3, 0.4) is 0 Å². The molecule has 0 N–H and O–H groups in total. The Morgan fingerprint density at radius 1 is 1.21 bits per heavy atom. The van der Waals surface area contributed by atoms with Crippen molar-refractivity contribution in [3.63, 3.8) is 0 Å². The summed E-state index contributed by atoms with van der Waals surface area (Å²) in [6.45, 7) is 3.50. The lowest BCUT2D eigenvalue weighted by Crippen LogP contribution is -2.05. The van der Waals surface area contributed by atoms with Crippen molar-refractivity contribution < 1.29 is 18.7 Å². The van der Waals surface area contributed by atoms with Gasteiger partial charge in [0.25, 0.3) is 0 Å². The predicted octanol–water partition coefficient (Wildman–Crippen LogP) is 6.39. The fraction of sp³-hybridized carbons (Fsp3) is 0.167. The minimum atomic E-state index is -0.546. The standard InChI is InChI=1S/C24H16Cl2N2O4S/c1-3-31-24(30)23-13(2)18(12-28)22(33-23)10-20(29)14(11-27)8-16-5-7-21(32-16)17-6-4-15(25)9-19(17)26/h4-9H,3,10H2,1-2H3/b14-8+. The summed E-state index contributed by atoms with van der Waals surface area (Å²) in [7, 11) is 0. The summed E-state index contributed by atoms with van der Waals surface area (Å²) in [5.41, 5.74) is 1.17. The van der Waals surface area contributed by atoms with Crippen molar-refractivity contribution in [2.75, 3.05) is 6.61 Å². The summed E-state index contributed by atoms with van der Waals surface area (Å²) >= 11 is 13.2. The third kappa shape index (κ3) is 5.35. The van der Waals surface area contributed by atoms with E-state index >= 15 is 0 Å². The minimum Gasteiger partial charge on any atom is -0.462 e. The molecule has 0 saturated heterocycles. The van der Waals surface area contributed by atoms with Crippen molar-refractivity contribution in [2.45, 2.75) is 20.3 Å². The van der Waals surface area contributed by atoms with E-state index in [4.69, 9.17) is 32.4 Å². The number of halogens is 2. The second-order valence-electron chi connectivity index (χ2n) is 6.78. The van der Waals surface area contributed by atoms with Crippen LogP contribution < -0.4 is 0 Å². The number of hydrogen-bond acceptors (Lipinski definition) is 7.